The van der Waals surface area contributed by atoms with Crippen LogP contribution in [0.5, 0.6) is 0 Å². The van der Waals surface area contributed by atoms with Crippen LogP contribution in [0.2, 0.25) is 0 Å². The number of rotatable bonds is 2. The van der Waals surface area contributed by atoms with E-state index in [1.165, 1.54) is 11.3 Å². The number of alkyl halides is 1. The molecule has 0 fully saturated rings. The zero-order chi connectivity index (χ0) is 6.69. The Kier molecular flexibility index (Phi) is 2.16. The third-order valence-electron chi connectivity index (χ3n) is 1.17. The van der Waals surface area contributed by atoms with Gasteiger partial charge in [0.2, 0.25) is 0 Å². The van der Waals surface area contributed by atoms with Crippen molar-refractivity contribution in [2.45, 2.75) is 13.3 Å². The van der Waals surface area contributed by atoms with E-state index in [1.54, 1.807) is 5.51 Å². The van der Waals surface area contributed by atoms with Crippen LogP contribution in [0.25, 0.3) is 0 Å². The lowest BCUT2D eigenvalue weighted by atomic mass is 10.3. The van der Waals surface area contributed by atoms with E-state index in [9.17, 15) is 4.39 Å². The van der Waals surface area contributed by atoms with Gasteiger partial charge in [-0.3, -0.25) is 4.39 Å². The molecular formula is C6H8FNS. The van der Waals surface area contributed by atoms with Crippen LogP contribution >= 0.6 is 11.3 Å². The first-order valence-corrected chi connectivity index (χ1v) is 3.67. The minimum absolute atomic E-state index is 0.275. The predicted molar refractivity (Wildman–Crippen MR) is 36.5 cm³/mol. The van der Waals surface area contributed by atoms with Crippen LogP contribution < -0.4 is 0 Å². The van der Waals surface area contributed by atoms with Gasteiger partial charge in [-0.25, -0.2) is 4.98 Å². The summed E-state index contributed by atoms with van der Waals surface area (Å²) >= 11 is 1.52. The Labute approximate surface area is 57.6 Å². The lowest BCUT2D eigenvalue weighted by Crippen LogP contribution is -1.84. The Morgan fingerprint density at radius 3 is 3.00 bits per heavy atom. The summed E-state index contributed by atoms with van der Waals surface area (Å²) in [5.74, 6) is 0. The number of nitrogens with zero attached hydrogens (tertiary/aromatic N) is 1. The highest BCUT2D eigenvalue weighted by Gasteiger charge is 1.98. The monoisotopic (exact) mass is 144 g/mol. The molecule has 0 aromatic carbocycles. The van der Waals surface area contributed by atoms with E-state index >= 15 is 0 Å². The average molecular weight is 144 g/mol. The maximum atomic E-state index is 11.7. The standard InChI is InChI=1S/C6H8FNS/c1-5-6(2-3-7)9-4-8-5/h4H,2-3H2,1H3/i7-1. The largest absolute Gasteiger partial charge is 0.251 e. The van der Waals surface area contributed by atoms with Gasteiger partial charge in [-0.05, 0) is 6.92 Å². The van der Waals surface area contributed by atoms with Gasteiger partial charge in [0.1, 0.15) is 0 Å². The molecule has 0 aliphatic carbocycles. The van der Waals surface area contributed by atoms with E-state index in [-0.39, 0.29) is 6.67 Å². The van der Waals surface area contributed by atoms with Crippen molar-refractivity contribution in [3.8, 4) is 0 Å². The maximum Gasteiger partial charge on any atom is 0.0943 e. The van der Waals surface area contributed by atoms with Crippen molar-refractivity contribution in [3.63, 3.8) is 0 Å². The van der Waals surface area contributed by atoms with Gasteiger partial charge in [0.15, 0.2) is 0 Å². The Bertz CT molecular complexity index is 185. The molecule has 9 heavy (non-hydrogen) atoms. The van der Waals surface area contributed by atoms with E-state index in [0.29, 0.717) is 6.42 Å². The molecule has 0 saturated carbocycles. The van der Waals surface area contributed by atoms with Crippen LogP contribution in [0, 0.1) is 6.92 Å². The van der Waals surface area contributed by atoms with Gasteiger partial charge in [0.05, 0.1) is 17.9 Å². The van der Waals surface area contributed by atoms with Crippen molar-refractivity contribution < 1.29 is 4.39 Å². The Morgan fingerprint density at radius 2 is 2.56 bits per heavy atom. The molecule has 0 amide bonds. The second-order valence-corrected chi connectivity index (χ2v) is 2.74. The SMILES string of the molecule is Cc1ncsc1CC[18F]. The van der Waals surface area contributed by atoms with Crippen LogP contribution in [-0.4, -0.2) is 11.7 Å². The summed E-state index contributed by atoms with van der Waals surface area (Å²) in [5, 5.41) is 0. The number of halogens is 1. The van der Waals surface area contributed by atoms with Crippen molar-refractivity contribution in [2.75, 3.05) is 6.67 Å². The molecule has 0 radical (unpaired) electrons. The number of hydrogen-bond donors (Lipinski definition) is 0. The lowest BCUT2D eigenvalue weighted by Gasteiger charge is -1.88. The van der Waals surface area contributed by atoms with Crippen molar-refractivity contribution in [1.29, 1.82) is 0 Å². The third-order valence-corrected chi connectivity index (χ3v) is 2.16. The minimum Gasteiger partial charge on any atom is -0.251 e. The van der Waals surface area contributed by atoms with Gasteiger partial charge < -0.3 is 0 Å². The Hall–Kier alpha value is -0.440. The van der Waals surface area contributed by atoms with Crippen molar-refractivity contribution in [2.24, 2.45) is 0 Å². The average Bonchev–Trinajstić information content (AvgIpc) is 2.18. The van der Waals surface area contributed by atoms with Gasteiger partial charge in [-0.15, -0.1) is 11.3 Å². The van der Waals surface area contributed by atoms with Crippen LogP contribution in [0.3, 0.4) is 0 Å². The van der Waals surface area contributed by atoms with Crippen molar-refractivity contribution in [1.82, 2.24) is 4.98 Å². The van der Waals surface area contributed by atoms with Crippen molar-refractivity contribution >= 4 is 11.3 Å². The molecule has 1 aromatic rings. The second-order valence-electron chi connectivity index (χ2n) is 1.80. The fraction of sp³-hybridized carbons (Fsp3) is 0.500. The summed E-state index contributed by atoms with van der Waals surface area (Å²) in [6.07, 6.45) is 0.524. The zero-order valence-electron chi connectivity index (χ0n) is 5.22. The summed E-state index contributed by atoms with van der Waals surface area (Å²) in [7, 11) is 0. The molecule has 0 aliphatic heterocycles. The number of hydrogen-bond acceptors (Lipinski definition) is 2. The minimum atomic E-state index is -0.275. The predicted octanol–water partition coefficient (Wildman–Crippen LogP) is 1.96. The van der Waals surface area contributed by atoms with E-state index < -0.39 is 0 Å². The van der Waals surface area contributed by atoms with Crippen LogP contribution in [0.4, 0.5) is 4.39 Å². The van der Waals surface area contributed by atoms with E-state index in [2.05, 4.69) is 4.98 Å². The molecule has 0 N–H and O–H groups in total. The van der Waals surface area contributed by atoms with E-state index in [1.807, 2.05) is 6.92 Å². The fourth-order valence-corrected chi connectivity index (χ4v) is 1.41. The molecule has 3 heteroatoms. The van der Waals surface area contributed by atoms with Crippen LogP contribution in [0.1, 0.15) is 10.6 Å². The first-order valence-electron chi connectivity index (χ1n) is 2.79. The van der Waals surface area contributed by atoms with Crippen LogP contribution in [-0.2, 0) is 6.42 Å². The molecular weight excluding hydrogens is 136 g/mol. The first kappa shape index (κ1) is 6.68. The number of thiazole rings is 1. The van der Waals surface area contributed by atoms with E-state index in [0.717, 1.165) is 10.6 Å². The van der Waals surface area contributed by atoms with Gasteiger partial charge in [-0.2, -0.15) is 0 Å². The summed E-state index contributed by atoms with van der Waals surface area (Å²) in [6.45, 7) is 1.63. The summed E-state index contributed by atoms with van der Waals surface area (Å²) < 4.78 is 11.7. The highest BCUT2D eigenvalue weighted by atomic mass is 32.1. The lowest BCUT2D eigenvalue weighted by molar-refractivity contribution is 0.497. The molecule has 0 aliphatic rings. The summed E-state index contributed by atoms with van der Waals surface area (Å²) in [5.41, 5.74) is 2.72. The zero-order valence-corrected chi connectivity index (χ0v) is 6.04. The Balaban J connectivity index is 2.69. The number of aromatic nitrogens is 1. The molecule has 1 heterocycles. The normalized spacial score (nSPS) is 10.0. The highest BCUT2D eigenvalue weighted by Crippen LogP contribution is 2.12. The third kappa shape index (κ3) is 1.48. The van der Waals surface area contributed by atoms with Crippen molar-refractivity contribution in [3.05, 3.63) is 16.1 Å². The molecule has 0 saturated heterocycles. The fourth-order valence-electron chi connectivity index (χ4n) is 0.652. The molecule has 0 unspecified atom stereocenters. The summed E-state index contributed by atoms with van der Waals surface area (Å²) in [4.78, 5) is 5.05. The smallest absolute Gasteiger partial charge is 0.0943 e. The number of aryl methyl sites for hydroxylation is 2. The van der Waals surface area contributed by atoms with Gasteiger partial charge in [0, 0.05) is 11.3 Å². The van der Waals surface area contributed by atoms with E-state index in [4.69, 9.17) is 0 Å². The molecule has 0 spiro atoms. The Morgan fingerprint density at radius 1 is 1.78 bits per heavy atom. The van der Waals surface area contributed by atoms with Gasteiger partial charge >= 0.3 is 0 Å². The molecule has 1 rings (SSSR count). The molecule has 1 nitrogen and oxygen atoms in total. The maximum absolute atomic E-state index is 11.7. The first-order chi connectivity index (χ1) is 4.34. The second kappa shape index (κ2) is 2.92. The van der Waals surface area contributed by atoms with Gasteiger partial charge in [-0.1, -0.05) is 0 Å². The molecule has 0 atom stereocenters. The van der Waals surface area contributed by atoms with Crippen LogP contribution in [0.15, 0.2) is 5.51 Å². The summed E-state index contributed by atoms with van der Waals surface area (Å²) in [6, 6.07) is 0. The topological polar surface area (TPSA) is 12.9 Å². The molecule has 1 aromatic heterocycles. The quantitative estimate of drug-likeness (QED) is 0.618. The molecule has 50 valence electrons. The molecule has 0 bridgehead atoms. The highest BCUT2D eigenvalue weighted by molar-refractivity contribution is 7.09. The van der Waals surface area contributed by atoms with Gasteiger partial charge in [0.25, 0.3) is 0 Å².